The van der Waals surface area contributed by atoms with E-state index in [1.165, 1.54) is 12.0 Å². The summed E-state index contributed by atoms with van der Waals surface area (Å²) < 4.78 is 38.9. The van der Waals surface area contributed by atoms with Crippen LogP contribution in [0.3, 0.4) is 0 Å². The number of methoxy groups -OCH3 is 1. The van der Waals surface area contributed by atoms with E-state index in [9.17, 15) is 32.7 Å². The molecule has 4 amide bonds. The third-order valence-electron chi connectivity index (χ3n) is 11.0. The smallest absolute Gasteiger partial charge is 0.405 e. The Morgan fingerprint density at radius 3 is 2.60 bits per heavy atom. The van der Waals surface area contributed by atoms with Crippen LogP contribution in [0.15, 0.2) is 30.4 Å². The number of nitrogens with one attached hydrogen (secondary N) is 3. The number of nitrogens with zero attached hydrogens (tertiary/aromatic N) is 3. The zero-order valence-electron chi connectivity index (χ0n) is 29.6. The van der Waals surface area contributed by atoms with Crippen molar-refractivity contribution < 1.29 is 42.2 Å². The van der Waals surface area contributed by atoms with Crippen molar-refractivity contribution in [1.29, 1.82) is 0 Å². The number of rotatable bonds is 8. The number of allylic oxidation sites excluding steroid dienone is 1. The third-order valence-corrected chi connectivity index (χ3v) is 13.4. The van der Waals surface area contributed by atoms with Gasteiger partial charge in [-0.15, -0.1) is 0 Å². The molecule has 3 heterocycles. The summed E-state index contributed by atoms with van der Waals surface area (Å²) >= 11 is 6.48. The molecule has 15 nitrogen and oxygen atoms in total. The van der Waals surface area contributed by atoms with Crippen LogP contribution in [-0.4, -0.2) is 94.3 Å². The summed E-state index contributed by atoms with van der Waals surface area (Å²) in [5.41, 5.74) is -0.646. The first-order valence-corrected chi connectivity index (χ1v) is 19.5. The Hall–Kier alpha value is -4.18. The van der Waals surface area contributed by atoms with Crippen LogP contribution < -0.4 is 24.8 Å². The van der Waals surface area contributed by atoms with Crippen molar-refractivity contribution in [2.45, 2.75) is 101 Å². The molecule has 1 saturated heterocycles. The summed E-state index contributed by atoms with van der Waals surface area (Å²) in [4.78, 5) is 64.8. The molecule has 0 radical (unpaired) electrons. The summed E-state index contributed by atoms with van der Waals surface area (Å²) in [6.45, 7) is 5.35. The number of sulfonamides is 1. The standard InChI is InChI=1S/C35H45ClN6O9S/c1-5-20-14-19(2)8-6-7-9-21-17-35(21,32(45)41-52(48,49)34(3)12-13-34)40-29(43)26-16-23(18-42(26)31(44)27(20)39-33(46)47)51-30-28(36)37-24-11-10-22(50-4)15-25(24)38-30/h7,9-11,15,19-21,23,26-27,39H,5-6,8,12-14,16-18H2,1-4H3,(H,40,43)(H,41,45)(H,46,47)/t19-,20-,21-,23-,26+,27+,35-/m1/s1. The van der Waals surface area contributed by atoms with Gasteiger partial charge in [-0.3, -0.25) is 19.1 Å². The van der Waals surface area contributed by atoms with Crippen molar-refractivity contribution in [3.05, 3.63) is 35.5 Å². The number of hydrogen-bond acceptors (Lipinski definition) is 10. The van der Waals surface area contributed by atoms with Crippen molar-refractivity contribution in [1.82, 2.24) is 30.2 Å². The van der Waals surface area contributed by atoms with Crippen molar-refractivity contribution >= 4 is 56.5 Å². The molecule has 4 N–H and O–H groups in total. The molecule has 17 heteroatoms. The van der Waals surface area contributed by atoms with Gasteiger partial charge in [-0.1, -0.05) is 44.0 Å². The molecule has 3 fully saturated rings. The number of amides is 4. The molecule has 7 atom stereocenters. The van der Waals surface area contributed by atoms with Gasteiger partial charge >= 0.3 is 6.09 Å². The Labute approximate surface area is 307 Å². The van der Waals surface area contributed by atoms with E-state index in [1.54, 1.807) is 25.1 Å². The Morgan fingerprint density at radius 1 is 1.17 bits per heavy atom. The second-order valence-corrected chi connectivity index (χ2v) is 17.3. The summed E-state index contributed by atoms with van der Waals surface area (Å²) in [7, 11) is -2.50. The second-order valence-electron chi connectivity index (χ2n) is 14.8. The first-order chi connectivity index (χ1) is 24.6. The highest BCUT2D eigenvalue weighted by Gasteiger charge is 2.63. The van der Waals surface area contributed by atoms with E-state index in [0.717, 1.165) is 6.42 Å². The van der Waals surface area contributed by atoms with Crippen LogP contribution in [0.2, 0.25) is 5.15 Å². The minimum Gasteiger partial charge on any atom is -0.497 e. The summed E-state index contributed by atoms with van der Waals surface area (Å²) in [5, 5.41) is 15.0. The zero-order chi connectivity index (χ0) is 37.6. The fraction of sp³-hybridized carbons (Fsp3) is 0.600. The Bertz CT molecular complexity index is 1910. The van der Waals surface area contributed by atoms with Crippen molar-refractivity contribution in [3.8, 4) is 11.6 Å². The molecule has 2 aliphatic carbocycles. The third kappa shape index (κ3) is 7.49. The summed E-state index contributed by atoms with van der Waals surface area (Å²) in [5.74, 6) is -2.41. The molecule has 2 aliphatic heterocycles. The number of fused-ring (bicyclic) bond motifs is 3. The average molecular weight is 761 g/mol. The normalized spacial score (nSPS) is 30.2. The number of ether oxygens (including phenoxy) is 2. The van der Waals surface area contributed by atoms with Crippen molar-refractivity contribution in [2.24, 2.45) is 17.8 Å². The maximum Gasteiger partial charge on any atom is 0.405 e. The first-order valence-electron chi connectivity index (χ1n) is 17.6. The van der Waals surface area contributed by atoms with Crippen molar-refractivity contribution in [3.63, 3.8) is 0 Å². The number of carbonyl (C=O) groups excluding carboxylic acids is 3. The molecule has 2 aromatic rings. The molecule has 2 saturated carbocycles. The molecule has 6 rings (SSSR count). The molecule has 0 unspecified atom stereocenters. The van der Waals surface area contributed by atoms with Gasteiger partial charge in [0.25, 0.3) is 11.8 Å². The van der Waals surface area contributed by atoms with Crippen LogP contribution in [0.5, 0.6) is 11.6 Å². The zero-order valence-corrected chi connectivity index (χ0v) is 31.1. The minimum atomic E-state index is -4.02. The fourth-order valence-corrected chi connectivity index (χ4v) is 8.79. The van der Waals surface area contributed by atoms with Gasteiger partial charge in [0.15, 0.2) is 5.15 Å². The molecule has 0 spiro atoms. The predicted octanol–water partition coefficient (Wildman–Crippen LogP) is 3.55. The minimum absolute atomic E-state index is 0.0366. The number of hydrogen-bond donors (Lipinski definition) is 4. The molecule has 282 valence electrons. The van der Waals surface area contributed by atoms with Crippen LogP contribution in [0, 0.1) is 17.8 Å². The van der Waals surface area contributed by atoms with Crippen LogP contribution in [-0.2, 0) is 24.4 Å². The quantitative estimate of drug-likeness (QED) is 0.286. The molecule has 52 heavy (non-hydrogen) atoms. The van der Waals surface area contributed by atoms with Gasteiger partial charge in [-0.2, -0.15) is 0 Å². The number of carbonyl (C=O) groups is 4. The monoisotopic (exact) mass is 760 g/mol. The van der Waals surface area contributed by atoms with Crippen LogP contribution >= 0.6 is 11.6 Å². The van der Waals surface area contributed by atoms with Gasteiger partial charge in [-0.05, 0) is 69.4 Å². The molecular weight excluding hydrogens is 716 g/mol. The molecule has 0 bridgehead atoms. The molecule has 1 aromatic heterocycles. The van der Waals surface area contributed by atoms with E-state index >= 15 is 0 Å². The van der Waals surface area contributed by atoms with Gasteiger partial charge < -0.3 is 30.1 Å². The lowest BCUT2D eigenvalue weighted by atomic mass is 9.85. The van der Waals surface area contributed by atoms with E-state index in [1.807, 2.05) is 26.0 Å². The van der Waals surface area contributed by atoms with E-state index in [4.69, 9.17) is 21.1 Å². The number of carboxylic acid groups (broad SMARTS) is 1. The first kappa shape index (κ1) is 37.6. The maximum absolute atomic E-state index is 14.5. The lowest BCUT2D eigenvalue weighted by Crippen LogP contribution is -2.59. The predicted molar refractivity (Wildman–Crippen MR) is 190 cm³/mol. The number of aromatic nitrogens is 2. The van der Waals surface area contributed by atoms with Gasteiger partial charge in [0.2, 0.25) is 21.8 Å². The Morgan fingerprint density at radius 2 is 1.92 bits per heavy atom. The number of benzene rings is 1. The highest BCUT2D eigenvalue weighted by Crippen LogP contribution is 2.47. The topological polar surface area (TPSA) is 206 Å². The Balaban J connectivity index is 1.35. The highest BCUT2D eigenvalue weighted by molar-refractivity contribution is 7.91. The SMILES string of the molecule is CC[C@@H]1C[C@H](C)CCC=C[C@@H]2C[C@@]2(C(=O)NS(=O)(=O)C2(C)CC2)NC(=O)[C@@H]2C[C@@H](Oc3nc4cc(OC)ccc4nc3Cl)CN2C(=O)[C@H]1NC(=O)O. The average Bonchev–Trinajstić information content (AvgIpc) is 3.97. The van der Waals surface area contributed by atoms with Crippen LogP contribution in [0.25, 0.3) is 11.0 Å². The Kier molecular flexibility index (Phi) is 10.4. The highest BCUT2D eigenvalue weighted by atomic mass is 35.5. The van der Waals surface area contributed by atoms with Crippen LogP contribution in [0.4, 0.5) is 4.79 Å². The van der Waals surface area contributed by atoms with Crippen LogP contribution in [0.1, 0.15) is 72.1 Å². The van der Waals surface area contributed by atoms with E-state index in [-0.39, 0.29) is 42.3 Å². The van der Waals surface area contributed by atoms with Gasteiger partial charge in [0.1, 0.15) is 29.5 Å². The van der Waals surface area contributed by atoms with E-state index in [0.29, 0.717) is 48.9 Å². The lowest BCUT2D eigenvalue weighted by Gasteiger charge is -2.33. The summed E-state index contributed by atoms with van der Waals surface area (Å²) in [6, 6.07) is 2.67. The molecular formula is C35H45ClN6O9S. The molecule has 4 aliphatic rings. The van der Waals surface area contributed by atoms with E-state index < -0.39 is 68.2 Å². The lowest BCUT2D eigenvalue weighted by molar-refractivity contribution is -0.142. The largest absolute Gasteiger partial charge is 0.497 e. The van der Waals surface area contributed by atoms with Gasteiger partial charge in [-0.25, -0.2) is 23.2 Å². The van der Waals surface area contributed by atoms with Gasteiger partial charge in [0, 0.05) is 18.4 Å². The van der Waals surface area contributed by atoms with E-state index in [2.05, 4.69) is 25.3 Å². The number of halogens is 1. The fourth-order valence-electron chi connectivity index (χ4n) is 7.30. The van der Waals surface area contributed by atoms with Gasteiger partial charge in [0.05, 0.1) is 29.4 Å². The summed E-state index contributed by atoms with van der Waals surface area (Å²) in [6.07, 6.45) is 4.88. The maximum atomic E-state index is 14.5. The second kappa shape index (κ2) is 14.3. The van der Waals surface area contributed by atoms with Crippen molar-refractivity contribution in [2.75, 3.05) is 13.7 Å². The molecule has 1 aromatic carbocycles.